The monoisotopic (exact) mass is 404 g/mol. The van der Waals surface area contributed by atoms with Crippen LogP contribution in [0.2, 0.25) is 0 Å². The molecule has 0 radical (unpaired) electrons. The average molecular weight is 404 g/mol. The third kappa shape index (κ3) is 4.71. The summed E-state index contributed by atoms with van der Waals surface area (Å²) in [7, 11) is 0. The van der Waals surface area contributed by atoms with Crippen LogP contribution in [0.5, 0.6) is 0 Å². The van der Waals surface area contributed by atoms with Crippen LogP contribution in [-0.4, -0.2) is 40.6 Å². The number of aliphatic hydroxyl groups is 1. The van der Waals surface area contributed by atoms with Crippen molar-refractivity contribution >= 4 is 21.6 Å². The van der Waals surface area contributed by atoms with E-state index in [4.69, 9.17) is 5.11 Å². The maximum Gasteiger partial charge on any atom is 0.416 e. The molecule has 1 heterocycles. The molecule has 1 N–H and O–H groups in total. The Hall–Kier alpha value is -2.40. The fourth-order valence-corrected chi connectivity index (χ4v) is 3.62. The zero-order chi connectivity index (χ0) is 20.1. The van der Waals surface area contributed by atoms with Gasteiger partial charge in [0.25, 0.3) is 0 Å². The summed E-state index contributed by atoms with van der Waals surface area (Å²) in [6.07, 6.45) is -4.35. The number of aliphatic hydroxyl groups excluding tert-OH is 1. The predicted molar refractivity (Wildman–Crippen MR) is 106 cm³/mol. The zero-order valence-electron chi connectivity index (χ0n) is 15.3. The summed E-state index contributed by atoms with van der Waals surface area (Å²) in [4.78, 5) is 2.04. The Bertz CT molecular complexity index is 1000. The number of nitrogens with zero attached hydrogens (tertiary/aromatic N) is 2. The number of rotatable bonds is 5. The van der Waals surface area contributed by atoms with Crippen LogP contribution < -0.4 is 0 Å². The van der Waals surface area contributed by atoms with E-state index in [0.717, 1.165) is 34.3 Å². The van der Waals surface area contributed by atoms with E-state index in [0.29, 0.717) is 24.3 Å². The van der Waals surface area contributed by atoms with E-state index in [1.54, 1.807) is 0 Å². The standard InChI is InChI=1S/C21H19F3N2OS/c1-2-26(12-13-27)11-3-4-15-5-10-18-19(14-15)28-25-20(18)16-6-8-17(9-7-16)21(22,23)24/h5-10,14,27H,2,11-13H2,1H3. The van der Waals surface area contributed by atoms with Gasteiger partial charge in [-0.2, -0.15) is 17.5 Å². The van der Waals surface area contributed by atoms with Crippen LogP contribution in [0.3, 0.4) is 0 Å². The Morgan fingerprint density at radius 1 is 1.14 bits per heavy atom. The number of likely N-dealkylation sites (N-methyl/N-ethyl adjacent to an activating group) is 1. The van der Waals surface area contributed by atoms with Crippen molar-refractivity contribution in [2.45, 2.75) is 13.1 Å². The molecule has 0 fully saturated rings. The second-order valence-corrected chi connectivity index (χ2v) is 7.02. The van der Waals surface area contributed by atoms with Gasteiger partial charge in [-0.3, -0.25) is 4.90 Å². The molecule has 0 aliphatic rings. The highest BCUT2D eigenvalue weighted by Crippen LogP contribution is 2.34. The highest BCUT2D eigenvalue weighted by Gasteiger charge is 2.30. The lowest BCUT2D eigenvalue weighted by atomic mass is 10.0. The van der Waals surface area contributed by atoms with E-state index in [1.165, 1.54) is 23.7 Å². The Kier molecular flexibility index (Phi) is 6.35. The lowest BCUT2D eigenvalue weighted by Crippen LogP contribution is -2.26. The van der Waals surface area contributed by atoms with Crippen LogP contribution in [0.25, 0.3) is 21.3 Å². The third-order valence-electron chi connectivity index (χ3n) is 4.36. The van der Waals surface area contributed by atoms with Crippen LogP contribution in [0, 0.1) is 11.8 Å². The molecule has 28 heavy (non-hydrogen) atoms. The minimum Gasteiger partial charge on any atom is -0.395 e. The van der Waals surface area contributed by atoms with Gasteiger partial charge in [0.15, 0.2) is 0 Å². The van der Waals surface area contributed by atoms with Crippen molar-refractivity contribution in [3.05, 3.63) is 53.6 Å². The van der Waals surface area contributed by atoms with Gasteiger partial charge in [0.2, 0.25) is 0 Å². The first-order chi connectivity index (χ1) is 13.4. The minimum absolute atomic E-state index is 0.106. The van der Waals surface area contributed by atoms with Crippen molar-refractivity contribution in [2.24, 2.45) is 0 Å². The fourth-order valence-electron chi connectivity index (χ4n) is 2.78. The lowest BCUT2D eigenvalue weighted by Gasteiger charge is -2.14. The number of halogens is 3. The third-order valence-corrected chi connectivity index (χ3v) is 5.16. The molecule has 0 saturated heterocycles. The summed E-state index contributed by atoms with van der Waals surface area (Å²) < 4.78 is 43.6. The van der Waals surface area contributed by atoms with Crippen LogP contribution in [0.1, 0.15) is 18.1 Å². The van der Waals surface area contributed by atoms with Gasteiger partial charge in [0, 0.05) is 23.1 Å². The van der Waals surface area contributed by atoms with Gasteiger partial charge >= 0.3 is 6.18 Å². The number of alkyl halides is 3. The molecule has 0 saturated carbocycles. The van der Waals surface area contributed by atoms with Crippen molar-refractivity contribution in [1.29, 1.82) is 0 Å². The van der Waals surface area contributed by atoms with E-state index in [-0.39, 0.29) is 6.61 Å². The first kappa shape index (κ1) is 20.3. The Balaban J connectivity index is 1.81. The van der Waals surface area contributed by atoms with E-state index in [9.17, 15) is 13.2 Å². The smallest absolute Gasteiger partial charge is 0.395 e. The Morgan fingerprint density at radius 2 is 1.89 bits per heavy atom. The molecule has 0 bridgehead atoms. The van der Waals surface area contributed by atoms with Gasteiger partial charge in [-0.15, -0.1) is 0 Å². The number of aromatic nitrogens is 1. The number of hydrogen-bond donors (Lipinski definition) is 1. The van der Waals surface area contributed by atoms with Crippen LogP contribution in [0.15, 0.2) is 42.5 Å². The molecule has 3 rings (SSSR count). The second-order valence-electron chi connectivity index (χ2n) is 6.21. The molecule has 0 aliphatic heterocycles. The molecule has 0 aliphatic carbocycles. The molecule has 3 aromatic rings. The molecule has 0 amide bonds. The molecule has 3 nitrogen and oxygen atoms in total. The molecule has 7 heteroatoms. The normalized spacial score (nSPS) is 11.6. The molecule has 146 valence electrons. The van der Waals surface area contributed by atoms with Crippen molar-refractivity contribution < 1.29 is 18.3 Å². The van der Waals surface area contributed by atoms with Gasteiger partial charge in [0.1, 0.15) is 0 Å². The van der Waals surface area contributed by atoms with Crippen molar-refractivity contribution in [3.63, 3.8) is 0 Å². The molecule has 0 unspecified atom stereocenters. The predicted octanol–water partition coefficient (Wildman–Crippen LogP) is 4.65. The molecule has 2 aromatic carbocycles. The van der Waals surface area contributed by atoms with E-state index < -0.39 is 11.7 Å². The summed E-state index contributed by atoms with van der Waals surface area (Å²) >= 11 is 1.30. The maximum atomic E-state index is 12.7. The van der Waals surface area contributed by atoms with E-state index >= 15 is 0 Å². The maximum absolute atomic E-state index is 12.7. The Morgan fingerprint density at radius 3 is 2.54 bits per heavy atom. The van der Waals surface area contributed by atoms with E-state index in [1.807, 2.05) is 30.0 Å². The van der Waals surface area contributed by atoms with Gasteiger partial charge in [-0.1, -0.05) is 37.0 Å². The SMILES string of the molecule is CCN(CC#Cc1ccc2c(-c3ccc(C(F)(F)F)cc3)nsc2c1)CCO. The summed E-state index contributed by atoms with van der Waals surface area (Å²) in [5, 5.41) is 9.90. The first-order valence-electron chi connectivity index (χ1n) is 8.81. The average Bonchev–Trinajstić information content (AvgIpc) is 3.10. The first-order valence-corrected chi connectivity index (χ1v) is 9.59. The van der Waals surface area contributed by atoms with Gasteiger partial charge in [-0.05, 0) is 42.3 Å². The number of hydrogen-bond acceptors (Lipinski definition) is 4. The van der Waals surface area contributed by atoms with Crippen LogP contribution >= 0.6 is 11.5 Å². The fraction of sp³-hybridized carbons (Fsp3) is 0.286. The molecular weight excluding hydrogens is 385 g/mol. The summed E-state index contributed by atoms with van der Waals surface area (Å²) in [6.45, 7) is 4.11. The lowest BCUT2D eigenvalue weighted by molar-refractivity contribution is -0.137. The van der Waals surface area contributed by atoms with Gasteiger partial charge in [-0.25, -0.2) is 0 Å². The number of fused-ring (bicyclic) bond motifs is 1. The van der Waals surface area contributed by atoms with Crippen LogP contribution in [-0.2, 0) is 6.18 Å². The van der Waals surface area contributed by atoms with Gasteiger partial charge < -0.3 is 5.11 Å². The van der Waals surface area contributed by atoms with E-state index in [2.05, 4.69) is 16.2 Å². The summed E-state index contributed by atoms with van der Waals surface area (Å²) in [5.41, 5.74) is 1.51. The number of benzene rings is 2. The molecule has 0 spiro atoms. The van der Waals surface area contributed by atoms with Crippen LogP contribution in [0.4, 0.5) is 13.2 Å². The second kappa shape index (κ2) is 8.74. The van der Waals surface area contributed by atoms with Gasteiger partial charge in [0.05, 0.1) is 29.1 Å². The molecular formula is C21H19F3N2OS. The quantitative estimate of drug-likeness (QED) is 0.629. The van der Waals surface area contributed by atoms with Crippen molar-refractivity contribution in [2.75, 3.05) is 26.2 Å². The Labute approximate surface area is 165 Å². The topological polar surface area (TPSA) is 36.4 Å². The molecule has 1 aromatic heterocycles. The highest BCUT2D eigenvalue weighted by atomic mass is 32.1. The zero-order valence-corrected chi connectivity index (χ0v) is 16.1. The van der Waals surface area contributed by atoms with Crippen molar-refractivity contribution in [1.82, 2.24) is 9.27 Å². The largest absolute Gasteiger partial charge is 0.416 e. The summed E-state index contributed by atoms with van der Waals surface area (Å²) in [6, 6.07) is 10.8. The minimum atomic E-state index is -4.35. The molecule has 0 atom stereocenters. The van der Waals surface area contributed by atoms with Crippen molar-refractivity contribution in [3.8, 4) is 23.1 Å². The summed E-state index contributed by atoms with van der Waals surface area (Å²) in [5.74, 6) is 6.22. The highest BCUT2D eigenvalue weighted by molar-refractivity contribution is 7.13.